The van der Waals surface area contributed by atoms with E-state index in [0.29, 0.717) is 11.3 Å². The number of isocyanates is 1. The summed E-state index contributed by atoms with van der Waals surface area (Å²) in [5.41, 5.74) is 2.00. The number of carbonyl (C=O) groups excluding carboxylic acids is 1. The third-order valence-electron chi connectivity index (χ3n) is 2.05. The summed E-state index contributed by atoms with van der Waals surface area (Å²) in [5, 5.41) is 0. The Morgan fingerprint density at radius 2 is 2.40 bits per heavy atom. The largest absolute Gasteiger partial charge is 0.441 e. The van der Waals surface area contributed by atoms with Gasteiger partial charge in [-0.2, -0.15) is 4.99 Å². The summed E-state index contributed by atoms with van der Waals surface area (Å²) in [6.45, 7) is 2.07. The van der Waals surface area contributed by atoms with Crippen LogP contribution in [-0.4, -0.2) is 11.1 Å². The second kappa shape index (κ2) is 4.07. The lowest BCUT2D eigenvalue weighted by Gasteiger charge is -1.88. The van der Waals surface area contributed by atoms with Crippen molar-refractivity contribution in [3.8, 4) is 0 Å². The Kier molecular flexibility index (Phi) is 2.61. The highest BCUT2D eigenvalue weighted by molar-refractivity contribution is 5.76. The van der Waals surface area contributed by atoms with Gasteiger partial charge in [0.15, 0.2) is 11.5 Å². The van der Waals surface area contributed by atoms with Crippen LogP contribution in [0.25, 0.3) is 11.1 Å². The average Bonchev–Trinajstić information content (AvgIpc) is 2.60. The molecule has 0 aliphatic rings. The van der Waals surface area contributed by atoms with Gasteiger partial charge in [0.05, 0.1) is 5.69 Å². The summed E-state index contributed by atoms with van der Waals surface area (Å²) in [5.74, 6) is 0.722. The SMILES string of the molecule is CCCc1nc2ccc(N=C=O)cc2o1. The molecule has 0 atom stereocenters. The van der Waals surface area contributed by atoms with Crippen molar-refractivity contribution in [3.05, 3.63) is 24.1 Å². The van der Waals surface area contributed by atoms with Crippen LogP contribution < -0.4 is 0 Å². The maximum atomic E-state index is 10.1. The van der Waals surface area contributed by atoms with E-state index >= 15 is 0 Å². The molecule has 15 heavy (non-hydrogen) atoms. The Morgan fingerprint density at radius 3 is 3.13 bits per heavy atom. The van der Waals surface area contributed by atoms with Gasteiger partial charge in [0.1, 0.15) is 5.52 Å². The Labute approximate surface area is 86.6 Å². The van der Waals surface area contributed by atoms with Crippen molar-refractivity contribution in [1.29, 1.82) is 0 Å². The molecule has 0 fully saturated rings. The first-order chi connectivity index (χ1) is 7.33. The lowest BCUT2D eigenvalue weighted by Crippen LogP contribution is -1.79. The molecule has 1 aromatic carbocycles. The van der Waals surface area contributed by atoms with Crippen LogP contribution in [0.15, 0.2) is 27.6 Å². The zero-order valence-corrected chi connectivity index (χ0v) is 8.36. The van der Waals surface area contributed by atoms with Gasteiger partial charge in [-0.05, 0) is 18.6 Å². The second-order valence-corrected chi connectivity index (χ2v) is 3.21. The molecular weight excluding hydrogens is 192 g/mol. The van der Waals surface area contributed by atoms with E-state index in [1.807, 2.05) is 0 Å². The molecule has 0 radical (unpaired) electrons. The zero-order chi connectivity index (χ0) is 10.7. The number of benzene rings is 1. The van der Waals surface area contributed by atoms with Gasteiger partial charge >= 0.3 is 0 Å². The number of aliphatic imine (C=N–C) groups is 1. The third kappa shape index (κ3) is 1.95. The van der Waals surface area contributed by atoms with Gasteiger partial charge in [-0.1, -0.05) is 6.92 Å². The molecule has 1 heterocycles. The molecule has 0 unspecified atom stereocenters. The first kappa shape index (κ1) is 9.62. The predicted octanol–water partition coefficient (Wildman–Crippen LogP) is 2.75. The van der Waals surface area contributed by atoms with E-state index in [4.69, 9.17) is 4.42 Å². The van der Waals surface area contributed by atoms with Crippen LogP contribution in [0.2, 0.25) is 0 Å². The van der Waals surface area contributed by atoms with Crippen LogP contribution in [0.4, 0.5) is 5.69 Å². The molecule has 1 aromatic heterocycles. The molecule has 0 spiro atoms. The molecule has 0 amide bonds. The lowest BCUT2D eigenvalue weighted by atomic mass is 10.3. The molecule has 0 aliphatic carbocycles. The third-order valence-corrected chi connectivity index (χ3v) is 2.05. The van der Waals surface area contributed by atoms with Crippen molar-refractivity contribution >= 4 is 22.9 Å². The summed E-state index contributed by atoms with van der Waals surface area (Å²) in [7, 11) is 0. The first-order valence-corrected chi connectivity index (χ1v) is 4.81. The quantitative estimate of drug-likeness (QED) is 0.568. The number of rotatable bonds is 3. The Bertz CT molecular complexity index is 524. The number of aryl methyl sites for hydroxylation is 1. The highest BCUT2D eigenvalue weighted by atomic mass is 16.3. The van der Waals surface area contributed by atoms with Crippen molar-refractivity contribution in [2.45, 2.75) is 19.8 Å². The smallest absolute Gasteiger partial charge is 0.240 e. The van der Waals surface area contributed by atoms with E-state index < -0.39 is 0 Å². The number of hydrogen-bond donors (Lipinski definition) is 0. The normalized spacial score (nSPS) is 10.2. The molecule has 4 nitrogen and oxygen atoms in total. The molecule has 0 aliphatic heterocycles. The van der Waals surface area contributed by atoms with Gasteiger partial charge in [-0.3, -0.25) is 0 Å². The van der Waals surface area contributed by atoms with E-state index in [1.165, 1.54) is 6.08 Å². The van der Waals surface area contributed by atoms with Crippen LogP contribution in [0.1, 0.15) is 19.2 Å². The van der Waals surface area contributed by atoms with Crippen molar-refractivity contribution in [1.82, 2.24) is 4.98 Å². The van der Waals surface area contributed by atoms with Crippen LogP contribution in [0.5, 0.6) is 0 Å². The van der Waals surface area contributed by atoms with Crippen LogP contribution >= 0.6 is 0 Å². The number of hydrogen-bond acceptors (Lipinski definition) is 4. The van der Waals surface area contributed by atoms with Gasteiger partial charge in [0.25, 0.3) is 0 Å². The highest BCUT2D eigenvalue weighted by Crippen LogP contribution is 2.22. The minimum Gasteiger partial charge on any atom is -0.441 e. The predicted molar refractivity (Wildman–Crippen MR) is 55.8 cm³/mol. The minimum absolute atomic E-state index is 0.539. The van der Waals surface area contributed by atoms with Crippen molar-refractivity contribution in [2.24, 2.45) is 4.99 Å². The fraction of sp³-hybridized carbons (Fsp3) is 0.273. The zero-order valence-electron chi connectivity index (χ0n) is 8.36. The van der Waals surface area contributed by atoms with Crippen molar-refractivity contribution in [2.75, 3.05) is 0 Å². The standard InChI is InChI=1S/C11H10N2O2/c1-2-3-11-13-9-5-4-8(12-7-14)6-10(9)15-11/h4-6H,2-3H2,1H3. The monoisotopic (exact) mass is 202 g/mol. The van der Waals surface area contributed by atoms with Gasteiger partial charge in [0, 0.05) is 12.5 Å². The second-order valence-electron chi connectivity index (χ2n) is 3.21. The Balaban J connectivity index is 2.47. The maximum Gasteiger partial charge on any atom is 0.240 e. The number of aromatic nitrogens is 1. The van der Waals surface area contributed by atoms with Crippen LogP contribution in [-0.2, 0) is 11.2 Å². The summed E-state index contributed by atoms with van der Waals surface area (Å²) in [6.07, 6.45) is 3.31. The molecule has 4 heteroatoms. The molecule has 2 rings (SSSR count). The van der Waals surface area contributed by atoms with Gasteiger partial charge in [-0.15, -0.1) is 0 Å². The van der Waals surface area contributed by atoms with Crippen molar-refractivity contribution < 1.29 is 9.21 Å². The molecule has 76 valence electrons. The summed E-state index contributed by atoms with van der Waals surface area (Å²) >= 11 is 0. The number of nitrogens with zero attached hydrogens (tertiary/aromatic N) is 2. The van der Waals surface area contributed by atoms with Gasteiger partial charge in [-0.25, -0.2) is 9.78 Å². The molecular formula is C11H10N2O2. The fourth-order valence-corrected chi connectivity index (χ4v) is 1.40. The molecule has 0 bridgehead atoms. The van der Waals surface area contributed by atoms with Crippen molar-refractivity contribution in [3.63, 3.8) is 0 Å². The summed E-state index contributed by atoms with van der Waals surface area (Å²) in [6, 6.07) is 5.19. The Morgan fingerprint density at radius 1 is 1.53 bits per heavy atom. The van der Waals surface area contributed by atoms with E-state index in [9.17, 15) is 4.79 Å². The highest BCUT2D eigenvalue weighted by Gasteiger charge is 2.04. The summed E-state index contributed by atoms with van der Waals surface area (Å²) in [4.78, 5) is 17.9. The first-order valence-electron chi connectivity index (χ1n) is 4.81. The molecule has 0 saturated heterocycles. The number of oxazole rings is 1. The minimum atomic E-state index is 0.539. The average molecular weight is 202 g/mol. The van der Waals surface area contributed by atoms with E-state index in [0.717, 1.165) is 24.2 Å². The van der Waals surface area contributed by atoms with Gasteiger partial charge < -0.3 is 4.42 Å². The lowest BCUT2D eigenvalue weighted by molar-refractivity contribution is 0.525. The van der Waals surface area contributed by atoms with Crippen LogP contribution in [0, 0.1) is 0 Å². The van der Waals surface area contributed by atoms with E-state index in [1.54, 1.807) is 18.2 Å². The van der Waals surface area contributed by atoms with E-state index in [2.05, 4.69) is 16.9 Å². The topological polar surface area (TPSA) is 55.5 Å². The van der Waals surface area contributed by atoms with Gasteiger partial charge in [0.2, 0.25) is 6.08 Å². The maximum absolute atomic E-state index is 10.1. The fourth-order valence-electron chi connectivity index (χ4n) is 1.40. The van der Waals surface area contributed by atoms with Crippen LogP contribution in [0.3, 0.4) is 0 Å². The molecule has 2 aromatic rings. The molecule has 0 N–H and O–H groups in total. The Hall–Kier alpha value is -1.93. The summed E-state index contributed by atoms with van der Waals surface area (Å²) < 4.78 is 5.49. The van der Waals surface area contributed by atoms with E-state index in [-0.39, 0.29) is 0 Å². The number of fused-ring (bicyclic) bond motifs is 1. The molecule has 0 saturated carbocycles.